The number of carbonyl (C=O) groups is 2. The van der Waals surface area contributed by atoms with Crippen LogP contribution in [-0.4, -0.2) is 35.9 Å². The second-order valence-electron chi connectivity index (χ2n) is 3.30. The number of hydrazine groups is 1. The molecule has 0 bridgehead atoms. The number of nitriles is 1. The van der Waals surface area contributed by atoms with Crippen molar-refractivity contribution in [3.8, 4) is 6.07 Å². The maximum atomic E-state index is 11.6. The topological polar surface area (TPSA) is 64.4 Å². The van der Waals surface area contributed by atoms with Gasteiger partial charge in [-0.15, -0.1) is 0 Å². The van der Waals surface area contributed by atoms with E-state index in [-0.39, 0.29) is 17.9 Å². The van der Waals surface area contributed by atoms with E-state index >= 15 is 0 Å². The summed E-state index contributed by atoms with van der Waals surface area (Å²) in [4.78, 5) is 23.0. The highest BCUT2D eigenvalue weighted by molar-refractivity contribution is 6.10. The van der Waals surface area contributed by atoms with Crippen molar-refractivity contribution in [3.63, 3.8) is 0 Å². The van der Waals surface area contributed by atoms with Gasteiger partial charge in [0.1, 0.15) is 11.6 Å². The van der Waals surface area contributed by atoms with E-state index in [0.29, 0.717) is 5.57 Å². The van der Waals surface area contributed by atoms with Gasteiger partial charge in [-0.3, -0.25) is 9.59 Å². The molecule has 1 rings (SSSR count). The summed E-state index contributed by atoms with van der Waals surface area (Å²) in [6.45, 7) is 1.63. The van der Waals surface area contributed by atoms with E-state index in [1.54, 1.807) is 21.0 Å². The van der Waals surface area contributed by atoms with E-state index < -0.39 is 5.91 Å². The first-order chi connectivity index (χ1) is 6.49. The Morgan fingerprint density at radius 2 is 2.00 bits per heavy atom. The van der Waals surface area contributed by atoms with Crippen molar-refractivity contribution in [2.45, 2.75) is 13.3 Å². The molecule has 0 aliphatic carbocycles. The van der Waals surface area contributed by atoms with Gasteiger partial charge in [0.15, 0.2) is 0 Å². The van der Waals surface area contributed by atoms with Gasteiger partial charge in [0, 0.05) is 14.1 Å². The van der Waals surface area contributed by atoms with Gasteiger partial charge in [0.05, 0.1) is 6.42 Å². The van der Waals surface area contributed by atoms with Crippen LogP contribution < -0.4 is 0 Å². The molecule has 5 nitrogen and oxygen atoms in total. The lowest BCUT2D eigenvalue weighted by atomic mass is 10.0. The lowest BCUT2D eigenvalue weighted by molar-refractivity contribution is -0.157. The zero-order valence-electron chi connectivity index (χ0n) is 8.37. The Hall–Kier alpha value is -1.67. The number of rotatable bonds is 1. The molecule has 2 amide bonds. The molecule has 14 heavy (non-hydrogen) atoms. The molecule has 0 spiro atoms. The maximum Gasteiger partial charge on any atom is 0.285 e. The fourth-order valence-corrected chi connectivity index (χ4v) is 1.34. The second kappa shape index (κ2) is 3.60. The van der Waals surface area contributed by atoms with Gasteiger partial charge in [0.25, 0.3) is 5.91 Å². The Labute approximate surface area is 82.2 Å². The minimum Gasteiger partial charge on any atom is -0.273 e. The van der Waals surface area contributed by atoms with Crippen LogP contribution >= 0.6 is 0 Å². The van der Waals surface area contributed by atoms with Crippen LogP contribution in [0.15, 0.2) is 11.1 Å². The summed E-state index contributed by atoms with van der Waals surface area (Å²) in [6, 6.07) is 1.82. The zero-order chi connectivity index (χ0) is 10.9. The Morgan fingerprint density at radius 1 is 1.43 bits per heavy atom. The largest absolute Gasteiger partial charge is 0.285 e. The molecular formula is C9H11N3O2. The molecule has 74 valence electrons. The molecule has 0 saturated carbocycles. The Bertz CT molecular complexity index is 363. The fourth-order valence-electron chi connectivity index (χ4n) is 1.34. The lowest BCUT2D eigenvalue weighted by Gasteiger charge is -2.30. The minimum atomic E-state index is -0.536. The Balaban J connectivity index is 3.15. The first kappa shape index (κ1) is 10.4. The van der Waals surface area contributed by atoms with Crippen LogP contribution in [0.2, 0.25) is 0 Å². The standard InChI is InChI=1S/C9H11N3O2/c1-6-4-8(13)12(11(2)3)9(14)7(6)5-10/h4H2,1-3H3. The summed E-state index contributed by atoms with van der Waals surface area (Å²) in [6.07, 6.45) is 0.132. The average Bonchev–Trinajstić information content (AvgIpc) is 2.02. The third kappa shape index (κ3) is 1.52. The van der Waals surface area contributed by atoms with Crippen LogP contribution in [0, 0.1) is 11.3 Å². The van der Waals surface area contributed by atoms with Crippen LogP contribution in [0.4, 0.5) is 0 Å². The molecule has 0 saturated heterocycles. The van der Waals surface area contributed by atoms with E-state index in [4.69, 9.17) is 5.26 Å². The first-order valence-electron chi connectivity index (χ1n) is 4.13. The van der Waals surface area contributed by atoms with Gasteiger partial charge in [-0.25, -0.2) is 10.0 Å². The number of hydrogen-bond acceptors (Lipinski definition) is 4. The van der Waals surface area contributed by atoms with Crippen molar-refractivity contribution in [2.75, 3.05) is 14.1 Å². The molecule has 0 atom stereocenters. The Morgan fingerprint density at radius 3 is 2.43 bits per heavy atom. The van der Waals surface area contributed by atoms with Crippen molar-refractivity contribution in [1.29, 1.82) is 5.26 Å². The summed E-state index contributed by atoms with van der Waals surface area (Å²) < 4.78 is 0. The van der Waals surface area contributed by atoms with Crippen LogP contribution in [0.5, 0.6) is 0 Å². The SMILES string of the molecule is CC1=C(C#N)C(=O)N(N(C)C)C(=O)C1. The normalized spacial score (nSPS) is 17.8. The first-order valence-corrected chi connectivity index (χ1v) is 4.13. The predicted octanol–water partition coefficient (Wildman–Crippen LogP) is 0.0620. The van der Waals surface area contributed by atoms with Gasteiger partial charge >= 0.3 is 0 Å². The number of amides is 2. The average molecular weight is 193 g/mol. The summed E-state index contributed by atoms with van der Waals surface area (Å²) >= 11 is 0. The van der Waals surface area contributed by atoms with Crippen molar-refractivity contribution in [2.24, 2.45) is 0 Å². The highest BCUT2D eigenvalue weighted by Gasteiger charge is 2.32. The van der Waals surface area contributed by atoms with E-state index in [1.165, 1.54) is 5.01 Å². The van der Waals surface area contributed by atoms with Gasteiger partial charge < -0.3 is 0 Å². The molecule has 0 aromatic rings. The van der Waals surface area contributed by atoms with Gasteiger partial charge in [-0.05, 0) is 12.5 Å². The van der Waals surface area contributed by atoms with E-state index in [1.807, 2.05) is 6.07 Å². The van der Waals surface area contributed by atoms with Crippen LogP contribution in [0.1, 0.15) is 13.3 Å². The zero-order valence-corrected chi connectivity index (χ0v) is 8.37. The van der Waals surface area contributed by atoms with Crippen molar-refractivity contribution >= 4 is 11.8 Å². The van der Waals surface area contributed by atoms with Gasteiger partial charge in [-0.2, -0.15) is 5.26 Å². The number of hydrogen-bond donors (Lipinski definition) is 0. The van der Waals surface area contributed by atoms with E-state index in [2.05, 4.69) is 0 Å². The molecule has 5 heteroatoms. The maximum absolute atomic E-state index is 11.6. The number of carbonyl (C=O) groups excluding carboxylic acids is 2. The Kier molecular flexibility index (Phi) is 2.68. The van der Waals surface area contributed by atoms with Gasteiger partial charge in [0.2, 0.25) is 5.91 Å². The molecule has 0 aromatic carbocycles. The molecule has 1 aliphatic rings. The van der Waals surface area contributed by atoms with Crippen molar-refractivity contribution < 1.29 is 9.59 Å². The van der Waals surface area contributed by atoms with E-state index in [9.17, 15) is 9.59 Å². The quantitative estimate of drug-likeness (QED) is 0.552. The molecule has 0 N–H and O–H groups in total. The molecule has 0 aromatic heterocycles. The number of nitrogens with zero attached hydrogens (tertiary/aromatic N) is 3. The van der Waals surface area contributed by atoms with Crippen LogP contribution in [-0.2, 0) is 9.59 Å². The molecule has 0 unspecified atom stereocenters. The molecule has 0 fully saturated rings. The van der Waals surface area contributed by atoms with Crippen molar-refractivity contribution in [1.82, 2.24) is 10.0 Å². The van der Waals surface area contributed by atoms with Crippen LogP contribution in [0.25, 0.3) is 0 Å². The minimum absolute atomic E-state index is 0.0679. The summed E-state index contributed by atoms with van der Waals surface area (Å²) in [5, 5.41) is 11.1. The van der Waals surface area contributed by atoms with Crippen LogP contribution in [0.3, 0.4) is 0 Å². The predicted molar refractivity (Wildman–Crippen MR) is 48.5 cm³/mol. The van der Waals surface area contributed by atoms with Gasteiger partial charge in [-0.1, -0.05) is 0 Å². The lowest BCUT2D eigenvalue weighted by Crippen LogP contribution is -2.49. The monoisotopic (exact) mass is 193 g/mol. The third-order valence-electron chi connectivity index (χ3n) is 2.00. The fraction of sp³-hybridized carbons (Fsp3) is 0.444. The molecule has 1 aliphatic heterocycles. The highest BCUT2D eigenvalue weighted by atomic mass is 16.2. The molecule has 0 radical (unpaired) electrons. The summed E-state index contributed by atoms with van der Waals surface area (Å²) in [7, 11) is 3.18. The smallest absolute Gasteiger partial charge is 0.273 e. The number of imide groups is 1. The highest BCUT2D eigenvalue weighted by Crippen LogP contribution is 2.19. The second-order valence-corrected chi connectivity index (χ2v) is 3.30. The summed E-state index contributed by atoms with van der Waals surface area (Å²) in [5.74, 6) is -0.831. The van der Waals surface area contributed by atoms with Crippen molar-refractivity contribution in [3.05, 3.63) is 11.1 Å². The molecule has 1 heterocycles. The molecular weight excluding hydrogens is 182 g/mol. The summed E-state index contributed by atoms with van der Waals surface area (Å²) in [5.41, 5.74) is 0.610. The third-order valence-corrected chi connectivity index (χ3v) is 2.00. The van der Waals surface area contributed by atoms with E-state index in [0.717, 1.165) is 5.01 Å².